The van der Waals surface area contributed by atoms with Crippen LogP contribution in [0.4, 0.5) is 5.69 Å². The summed E-state index contributed by atoms with van der Waals surface area (Å²) < 4.78 is 5.67. The van der Waals surface area contributed by atoms with Gasteiger partial charge in [-0.2, -0.15) is 0 Å². The Morgan fingerprint density at radius 3 is 3.00 bits per heavy atom. The Bertz CT molecular complexity index is 643. The molecule has 0 saturated heterocycles. The fraction of sp³-hybridized carbons (Fsp3) is 0.0769. The molecule has 1 aliphatic rings. The van der Waals surface area contributed by atoms with Gasteiger partial charge in [0, 0.05) is 18.3 Å². The first-order valence-corrected chi connectivity index (χ1v) is 5.75. The van der Waals surface area contributed by atoms with Gasteiger partial charge in [-0.05, 0) is 30.3 Å². The van der Waals surface area contributed by atoms with Crippen molar-refractivity contribution >= 4 is 23.2 Å². The molecule has 1 aliphatic heterocycles. The average Bonchev–Trinajstić information content (AvgIpc) is 2.48. The molecule has 0 atom stereocenters. The van der Waals surface area contributed by atoms with Crippen LogP contribution in [-0.2, 0) is 0 Å². The number of fused-ring (bicyclic) bond motifs is 2. The number of carbonyl (C=O) groups is 1. The molecule has 4 nitrogen and oxygen atoms in total. The highest BCUT2D eigenvalue weighted by molar-refractivity contribution is 6.31. The lowest BCUT2D eigenvalue weighted by Crippen LogP contribution is -2.25. The predicted molar refractivity (Wildman–Crippen MR) is 68.5 cm³/mol. The maximum absolute atomic E-state index is 12.3. The maximum Gasteiger partial charge on any atom is 0.263 e. The Morgan fingerprint density at radius 1 is 1.33 bits per heavy atom. The third kappa shape index (κ3) is 1.62. The maximum atomic E-state index is 12.3. The summed E-state index contributed by atoms with van der Waals surface area (Å²) in [5.41, 5.74) is 1.07. The summed E-state index contributed by atoms with van der Waals surface area (Å²) in [7, 11) is 1.68. The van der Waals surface area contributed by atoms with Crippen molar-refractivity contribution in [3.63, 3.8) is 0 Å². The molecule has 1 aromatic heterocycles. The number of halogens is 1. The van der Waals surface area contributed by atoms with Crippen LogP contribution in [-0.4, -0.2) is 17.9 Å². The third-order valence-corrected chi connectivity index (χ3v) is 3.03. The quantitative estimate of drug-likeness (QED) is 0.731. The fourth-order valence-corrected chi connectivity index (χ4v) is 2.03. The van der Waals surface area contributed by atoms with E-state index in [9.17, 15) is 4.79 Å². The highest BCUT2D eigenvalue weighted by atomic mass is 35.5. The molecule has 0 N–H and O–H groups in total. The Labute approximate surface area is 109 Å². The lowest BCUT2D eigenvalue weighted by atomic mass is 10.2. The fourth-order valence-electron chi connectivity index (χ4n) is 1.87. The van der Waals surface area contributed by atoms with E-state index in [1.807, 2.05) is 0 Å². The zero-order chi connectivity index (χ0) is 12.7. The van der Waals surface area contributed by atoms with Gasteiger partial charge >= 0.3 is 0 Å². The highest BCUT2D eigenvalue weighted by Crippen LogP contribution is 2.38. The van der Waals surface area contributed by atoms with Crippen molar-refractivity contribution in [1.82, 2.24) is 4.98 Å². The molecule has 0 aliphatic carbocycles. The Hall–Kier alpha value is -2.07. The Morgan fingerprint density at radius 2 is 2.17 bits per heavy atom. The van der Waals surface area contributed by atoms with Gasteiger partial charge in [-0.25, -0.2) is 4.98 Å². The van der Waals surface area contributed by atoms with Gasteiger partial charge in [-0.15, -0.1) is 0 Å². The monoisotopic (exact) mass is 260 g/mol. The van der Waals surface area contributed by atoms with Crippen molar-refractivity contribution in [2.24, 2.45) is 0 Å². The van der Waals surface area contributed by atoms with E-state index in [0.717, 1.165) is 0 Å². The molecule has 0 radical (unpaired) electrons. The van der Waals surface area contributed by atoms with E-state index in [1.165, 1.54) is 4.90 Å². The predicted octanol–water partition coefficient (Wildman–Crippen LogP) is 3.12. The number of benzene rings is 1. The van der Waals surface area contributed by atoms with Gasteiger partial charge in [-0.3, -0.25) is 4.79 Å². The number of aromatic nitrogens is 1. The Kier molecular flexibility index (Phi) is 2.45. The summed E-state index contributed by atoms with van der Waals surface area (Å²) in [6.07, 6.45) is 1.59. The first kappa shape index (κ1) is 11.0. The van der Waals surface area contributed by atoms with Gasteiger partial charge in [0.25, 0.3) is 5.91 Å². The molecule has 0 saturated carbocycles. The highest BCUT2D eigenvalue weighted by Gasteiger charge is 2.26. The van der Waals surface area contributed by atoms with Crippen molar-refractivity contribution in [2.75, 3.05) is 11.9 Å². The van der Waals surface area contributed by atoms with Gasteiger partial charge in [0.1, 0.15) is 5.56 Å². The molecule has 18 heavy (non-hydrogen) atoms. The van der Waals surface area contributed by atoms with Crippen molar-refractivity contribution < 1.29 is 9.53 Å². The van der Waals surface area contributed by atoms with Crippen LogP contribution >= 0.6 is 11.6 Å². The van der Waals surface area contributed by atoms with Crippen LogP contribution < -0.4 is 9.64 Å². The SMILES string of the molecule is CN1C(=O)c2cccnc2Oc2ccc(Cl)cc21. The van der Waals surface area contributed by atoms with Gasteiger partial charge in [-0.1, -0.05) is 11.6 Å². The number of hydrogen-bond acceptors (Lipinski definition) is 3. The van der Waals surface area contributed by atoms with Gasteiger partial charge in [0.2, 0.25) is 5.88 Å². The summed E-state index contributed by atoms with van der Waals surface area (Å²) >= 11 is 5.95. The summed E-state index contributed by atoms with van der Waals surface area (Å²) in [5, 5.41) is 0.552. The minimum atomic E-state index is -0.167. The van der Waals surface area contributed by atoms with Crippen LogP contribution in [0.25, 0.3) is 0 Å². The number of pyridine rings is 1. The smallest absolute Gasteiger partial charge is 0.263 e. The van der Waals surface area contributed by atoms with Gasteiger partial charge in [0.15, 0.2) is 5.75 Å². The molecule has 5 heteroatoms. The number of rotatable bonds is 0. The zero-order valence-corrected chi connectivity index (χ0v) is 10.3. The zero-order valence-electron chi connectivity index (χ0n) is 9.55. The van der Waals surface area contributed by atoms with Crippen molar-refractivity contribution in [2.45, 2.75) is 0 Å². The van der Waals surface area contributed by atoms with Gasteiger partial charge in [0.05, 0.1) is 5.69 Å². The lowest BCUT2D eigenvalue weighted by Gasteiger charge is -2.16. The van der Waals surface area contributed by atoms with E-state index in [0.29, 0.717) is 27.9 Å². The minimum Gasteiger partial charge on any atom is -0.436 e. The largest absolute Gasteiger partial charge is 0.436 e. The number of amides is 1. The van der Waals surface area contributed by atoms with Crippen LogP contribution in [0, 0.1) is 0 Å². The molecule has 0 unspecified atom stereocenters. The number of nitrogens with zero attached hydrogens (tertiary/aromatic N) is 2. The topological polar surface area (TPSA) is 42.4 Å². The number of ether oxygens (including phenoxy) is 1. The van der Waals surface area contributed by atoms with E-state index < -0.39 is 0 Å². The lowest BCUT2D eigenvalue weighted by molar-refractivity contribution is 0.0992. The second-order valence-corrected chi connectivity index (χ2v) is 4.37. The molecule has 2 aromatic rings. The van der Waals surface area contributed by atoms with E-state index in [2.05, 4.69) is 4.98 Å². The number of anilines is 1. The molecular formula is C13H9ClN2O2. The van der Waals surface area contributed by atoms with Crippen LogP contribution in [0.1, 0.15) is 10.4 Å². The number of carbonyl (C=O) groups excluding carboxylic acids is 1. The summed E-state index contributed by atoms with van der Waals surface area (Å²) in [6, 6.07) is 8.53. The molecule has 0 spiro atoms. The van der Waals surface area contributed by atoms with E-state index in [4.69, 9.17) is 16.3 Å². The molecule has 90 valence electrons. The van der Waals surface area contributed by atoms with Crippen LogP contribution in [0.2, 0.25) is 5.02 Å². The van der Waals surface area contributed by atoms with Crippen molar-refractivity contribution in [1.29, 1.82) is 0 Å². The summed E-state index contributed by atoms with van der Waals surface area (Å²) in [4.78, 5) is 17.9. The van der Waals surface area contributed by atoms with E-state index in [1.54, 1.807) is 43.6 Å². The normalized spacial score (nSPS) is 13.4. The second kappa shape index (κ2) is 3.99. The molecule has 0 fully saturated rings. The van der Waals surface area contributed by atoms with Gasteiger partial charge < -0.3 is 9.64 Å². The molecule has 1 aromatic carbocycles. The second-order valence-electron chi connectivity index (χ2n) is 3.93. The van der Waals surface area contributed by atoms with Crippen molar-refractivity contribution in [3.8, 4) is 11.6 Å². The minimum absolute atomic E-state index is 0.167. The molecule has 2 heterocycles. The van der Waals surface area contributed by atoms with Crippen molar-refractivity contribution in [3.05, 3.63) is 47.1 Å². The number of hydrogen-bond donors (Lipinski definition) is 0. The summed E-state index contributed by atoms with van der Waals surface area (Å²) in [6.45, 7) is 0. The van der Waals surface area contributed by atoms with E-state index in [-0.39, 0.29) is 5.91 Å². The standard InChI is InChI=1S/C13H9ClN2O2/c1-16-10-7-8(14)4-5-11(10)18-12-9(13(16)17)3-2-6-15-12/h2-7H,1H3. The first-order chi connectivity index (χ1) is 8.66. The molecular weight excluding hydrogens is 252 g/mol. The first-order valence-electron chi connectivity index (χ1n) is 5.37. The molecule has 0 bridgehead atoms. The summed E-state index contributed by atoms with van der Waals surface area (Å²) in [5.74, 6) is 0.710. The van der Waals surface area contributed by atoms with E-state index >= 15 is 0 Å². The third-order valence-electron chi connectivity index (χ3n) is 2.80. The molecule has 1 amide bonds. The van der Waals surface area contributed by atoms with Crippen LogP contribution in [0.3, 0.4) is 0 Å². The average molecular weight is 261 g/mol. The van der Waals surface area contributed by atoms with Crippen LogP contribution in [0.5, 0.6) is 11.6 Å². The molecule has 3 rings (SSSR count). The Balaban J connectivity index is 2.23. The van der Waals surface area contributed by atoms with Crippen LogP contribution in [0.15, 0.2) is 36.5 Å².